The van der Waals surface area contributed by atoms with Crippen LogP contribution in [0.4, 0.5) is 11.4 Å². The van der Waals surface area contributed by atoms with Crippen LogP contribution in [0.3, 0.4) is 0 Å². The normalized spacial score (nSPS) is 14.3. The summed E-state index contributed by atoms with van der Waals surface area (Å²) in [5.74, 6) is 1.29. The molecule has 0 aliphatic carbocycles. The van der Waals surface area contributed by atoms with Crippen molar-refractivity contribution in [3.05, 3.63) is 94.0 Å². The zero-order valence-electron chi connectivity index (χ0n) is 19.9. The van der Waals surface area contributed by atoms with Crippen molar-refractivity contribution in [1.29, 1.82) is 0 Å². The standard InChI is InChI=1S/C27H29N3O5/c1-34-24-12-10-20(11-13-24)27(31)29(23-7-5-8-25(18-23)35-2)22-14-16-28(17-15-22)19-21-6-3-4-9-26(21)30(32)33/h3-13,18,22H,14-17,19H2,1-2H3. The number of amides is 1. The number of hydrogen-bond acceptors (Lipinski definition) is 6. The van der Waals surface area contributed by atoms with Crippen molar-refractivity contribution in [1.82, 2.24) is 4.90 Å². The van der Waals surface area contributed by atoms with Gasteiger partial charge in [-0.1, -0.05) is 24.3 Å². The van der Waals surface area contributed by atoms with Crippen LogP contribution in [0.1, 0.15) is 28.8 Å². The van der Waals surface area contributed by atoms with Gasteiger partial charge in [0.15, 0.2) is 0 Å². The van der Waals surface area contributed by atoms with E-state index < -0.39 is 0 Å². The molecular weight excluding hydrogens is 446 g/mol. The van der Waals surface area contributed by atoms with Gasteiger partial charge in [-0.3, -0.25) is 19.8 Å². The first-order valence-corrected chi connectivity index (χ1v) is 11.6. The first-order chi connectivity index (χ1) is 17.0. The largest absolute Gasteiger partial charge is 0.497 e. The third-order valence-corrected chi connectivity index (χ3v) is 6.39. The van der Waals surface area contributed by atoms with Crippen LogP contribution in [0.15, 0.2) is 72.8 Å². The summed E-state index contributed by atoms with van der Waals surface area (Å²) >= 11 is 0. The number of nitro groups is 1. The molecule has 1 heterocycles. The van der Waals surface area contributed by atoms with Crippen LogP contribution in [0.5, 0.6) is 11.5 Å². The molecule has 1 fully saturated rings. The molecule has 3 aromatic carbocycles. The maximum Gasteiger partial charge on any atom is 0.273 e. The van der Waals surface area contributed by atoms with Gasteiger partial charge in [0, 0.05) is 54.6 Å². The lowest BCUT2D eigenvalue weighted by Crippen LogP contribution is -2.47. The quantitative estimate of drug-likeness (QED) is 0.339. The van der Waals surface area contributed by atoms with Crippen molar-refractivity contribution in [2.75, 3.05) is 32.2 Å². The van der Waals surface area contributed by atoms with Crippen LogP contribution in [-0.2, 0) is 6.54 Å². The maximum absolute atomic E-state index is 13.7. The van der Waals surface area contributed by atoms with Gasteiger partial charge in [0.25, 0.3) is 11.6 Å². The number of para-hydroxylation sites is 1. The third kappa shape index (κ3) is 5.60. The Morgan fingerprint density at radius 2 is 1.66 bits per heavy atom. The van der Waals surface area contributed by atoms with E-state index >= 15 is 0 Å². The predicted molar refractivity (Wildman–Crippen MR) is 134 cm³/mol. The summed E-state index contributed by atoms with van der Waals surface area (Å²) in [5.41, 5.74) is 2.20. The van der Waals surface area contributed by atoms with Crippen LogP contribution in [0.2, 0.25) is 0 Å². The second kappa shape index (κ2) is 11.0. The highest BCUT2D eigenvalue weighted by Crippen LogP contribution is 2.30. The summed E-state index contributed by atoms with van der Waals surface area (Å²) in [6.07, 6.45) is 1.50. The molecule has 0 N–H and O–H groups in total. The zero-order chi connectivity index (χ0) is 24.8. The van der Waals surface area contributed by atoms with Crippen molar-refractivity contribution in [3.8, 4) is 11.5 Å². The summed E-state index contributed by atoms with van der Waals surface area (Å²) in [6, 6.07) is 21.5. The molecule has 1 aliphatic rings. The topological polar surface area (TPSA) is 85.1 Å². The minimum absolute atomic E-state index is 0.0151. The van der Waals surface area contributed by atoms with Crippen LogP contribution >= 0.6 is 0 Å². The molecule has 4 rings (SSSR count). The molecular formula is C27H29N3O5. The Morgan fingerprint density at radius 1 is 0.971 bits per heavy atom. The number of rotatable bonds is 8. The monoisotopic (exact) mass is 475 g/mol. The van der Waals surface area contributed by atoms with E-state index in [1.165, 1.54) is 0 Å². The van der Waals surface area contributed by atoms with Gasteiger partial charge in [0.2, 0.25) is 0 Å². The second-order valence-electron chi connectivity index (χ2n) is 8.50. The van der Waals surface area contributed by atoms with E-state index in [9.17, 15) is 14.9 Å². The molecule has 0 aromatic heterocycles. The number of carbonyl (C=O) groups excluding carboxylic acids is 1. The summed E-state index contributed by atoms with van der Waals surface area (Å²) in [7, 11) is 3.20. The highest BCUT2D eigenvalue weighted by Gasteiger charge is 2.31. The highest BCUT2D eigenvalue weighted by molar-refractivity contribution is 6.06. The first kappa shape index (κ1) is 24.2. The van der Waals surface area contributed by atoms with E-state index in [4.69, 9.17) is 9.47 Å². The number of methoxy groups -OCH3 is 2. The smallest absolute Gasteiger partial charge is 0.273 e. The number of carbonyl (C=O) groups is 1. The van der Waals surface area contributed by atoms with Gasteiger partial charge in [-0.05, 0) is 49.2 Å². The Balaban J connectivity index is 1.54. The number of hydrogen-bond donors (Lipinski definition) is 0. The van der Waals surface area contributed by atoms with E-state index in [-0.39, 0.29) is 22.6 Å². The van der Waals surface area contributed by atoms with Gasteiger partial charge >= 0.3 is 0 Å². The van der Waals surface area contributed by atoms with Crippen molar-refractivity contribution in [3.63, 3.8) is 0 Å². The van der Waals surface area contributed by atoms with Gasteiger partial charge in [-0.15, -0.1) is 0 Å². The lowest BCUT2D eigenvalue weighted by atomic mass is 10.00. The van der Waals surface area contributed by atoms with Gasteiger partial charge < -0.3 is 14.4 Å². The molecule has 8 nitrogen and oxygen atoms in total. The summed E-state index contributed by atoms with van der Waals surface area (Å²) in [4.78, 5) is 28.8. The van der Waals surface area contributed by atoms with E-state index in [0.717, 1.165) is 31.6 Å². The lowest BCUT2D eigenvalue weighted by Gasteiger charge is -2.38. The molecule has 35 heavy (non-hydrogen) atoms. The highest BCUT2D eigenvalue weighted by atomic mass is 16.6. The average molecular weight is 476 g/mol. The maximum atomic E-state index is 13.7. The van der Waals surface area contributed by atoms with E-state index in [0.29, 0.717) is 29.2 Å². The summed E-state index contributed by atoms with van der Waals surface area (Å²) in [6.45, 7) is 1.97. The Kier molecular flexibility index (Phi) is 7.62. The Morgan fingerprint density at radius 3 is 2.31 bits per heavy atom. The number of nitrogens with zero attached hydrogens (tertiary/aromatic N) is 3. The van der Waals surface area contributed by atoms with Crippen LogP contribution in [-0.4, -0.2) is 49.1 Å². The van der Waals surface area contributed by atoms with E-state index in [1.807, 2.05) is 35.2 Å². The van der Waals surface area contributed by atoms with Crippen LogP contribution in [0, 0.1) is 10.1 Å². The van der Waals surface area contributed by atoms with Gasteiger partial charge in [0.05, 0.1) is 19.1 Å². The van der Waals surface area contributed by atoms with Gasteiger partial charge in [0.1, 0.15) is 11.5 Å². The summed E-state index contributed by atoms with van der Waals surface area (Å²) in [5, 5.41) is 11.4. The van der Waals surface area contributed by atoms with Gasteiger partial charge in [-0.25, -0.2) is 0 Å². The molecule has 182 valence electrons. The molecule has 1 saturated heterocycles. The van der Waals surface area contributed by atoms with Gasteiger partial charge in [-0.2, -0.15) is 0 Å². The Labute approximate surface area is 204 Å². The minimum atomic E-state index is -0.333. The molecule has 0 bridgehead atoms. The number of piperidine rings is 1. The fourth-order valence-electron chi connectivity index (χ4n) is 4.53. The Hall–Kier alpha value is -3.91. The molecule has 0 atom stereocenters. The van der Waals surface area contributed by atoms with Crippen LogP contribution in [0.25, 0.3) is 0 Å². The fourth-order valence-corrected chi connectivity index (χ4v) is 4.53. The third-order valence-electron chi connectivity index (χ3n) is 6.39. The van der Waals surface area contributed by atoms with Crippen molar-refractivity contribution >= 4 is 17.3 Å². The predicted octanol–water partition coefficient (Wildman–Crippen LogP) is 4.92. The molecule has 0 saturated carbocycles. The Bertz CT molecular complexity index is 1170. The van der Waals surface area contributed by atoms with E-state index in [1.54, 1.807) is 56.7 Å². The number of ether oxygens (including phenoxy) is 2. The summed E-state index contributed by atoms with van der Waals surface area (Å²) < 4.78 is 10.6. The molecule has 1 aliphatic heterocycles. The molecule has 0 spiro atoms. The fraction of sp³-hybridized carbons (Fsp3) is 0.296. The van der Waals surface area contributed by atoms with Crippen molar-refractivity contribution in [2.24, 2.45) is 0 Å². The van der Waals surface area contributed by atoms with Crippen molar-refractivity contribution < 1.29 is 19.2 Å². The molecule has 0 radical (unpaired) electrons. The SMILES string of the molecule is COc1ccc(C(=O)N(c2cccc(OC)c2)C2CCN(Cc3ccccc3[N+](=O)[O-])CC2)cc1. The first-order valence-electron chi connectivity index (χ1n) is 11.6. The number of likely N-dealkylation sites (tertiary alicyclic amines) is 1. The molecule has 8 heteroatoms. The minimum Gasteiger partial charge on any atom is -0.497 e. The van der Waals surface area contributed by atoms with Crippen LogP contribution < -0.4 is 14.4 Å². The molecule has 1 amide bonds. The number of benzene rings is 3. The van der Waals surface area contributed by atoms with Crippen molar-refractivity contribution in [2.45, 2.75) is 25.4 Å². The lowest BCUT2D eigenvalue weighted by molar-refractivity contribution is -0.385. The molecule has 0 unspecified atom stereocenters. The van der Waals surface area contributed by atoms with E-state index in [2.05, 4.69) is 4.90 Å². The second-order valence-corrected chi connectivity index (χ2v) is 8.50. The molecule has 3 aromatic rings. The average Bonchev–Trinajstić information content (AvgIpc) is 2.90. The number of anilines is 1. The number of nitro benzene ring substituents is 1. The zero-order valence-corrected chi connectivity index (χ0v) is 19.9.